The summed E-state index contributed by atoms with van der Waals surface area (Å²) in [6.07, 6.45) is 0.144. The van der Waals surface area contributed by atoms with Gasteiger partial charge in [0.25, 0.3) is 5.91 Å². The molecule has 2 amide bonds. The fourth-order valence-corrected chi connectivity index (χ4v) is 6.02. The molecule has 0 bridgehead atoms. The second-order valence-electron chi connectivity index (χ2n) is 12.6. The zero-order valence-electron chi connectivity index (χ0n) is 27.9. The minimum Gasteiger partial charge on any atom is -0.486 e. The molecule has 0 fully saturated rings. The van der Waals surface area contributed by atoms with Crippen molar-refractivity contribution in [1.29, 1.82) is 0 Å². The van der Waals surface area contributed by atoms with Crippen LogP contribution in [0.5, 0.6) is 17.2 Å². The fraction of sp³-hybridized carbons (Fsp3) is 0.333. The molecular weight excluding hydrogens is 609 g/mol. The van der Waals surface area contributed by atoms with Crippen LogP contribution in [0.3, 0.4) is 0 Å². The van der Waals surface area contributed by atoms with Crippen LogP contribution in [0.4, 0.5) is 10.1 Å². The Kier molecular flexibility index (Phi) is 11.5. The number of likely N-dealkylation sites (N-methyl/N-ethyl adjacent to an activating group) is 1. The first-order chi connectivity index (χ1) is 23.2. The molecular formula is C39H44FN3O5. The predicted octanol–water partition coefficient (Wildman–Crippen LogP) is 7.10. The highest BCUT2D eigenvalue weighted by Crippen LogP contribution is 2.36. The van der Waals surface area contributed by atoms with Crippen LogP contribution < -0.4 is 14.8 Å². The van der Waals surface area contributed by atoms with Gasteiger partial charge in [-0.25, -0.2) is 4.39 Å². The Hall–Kier alpha value is -4.73. The fourth-order valence-electron chi connectivity index (χ4n) is 6.02. The normalized spacial score (nSPS) is 17.5. The molecule has 0 radical (unpaired) electrons. The number of para-hydroxylation sites is 2. The number of carbonyl (C=O) groups excluding carboxylic acids is 2. The number of aliphatic hydroxyl groups excluding tert-OH is 1. The molecule has 0 spiro atoms. The van der Waals surface area contributed by atoms with Crippen molar-refractivity contribution in [3.63, 3.8) is 0 Å². The maximum Gasteiger partial charge on any atom is 0.258 e. The third-order valence-electron chi connectivity index (χ3n) is 8.79. The Morgan fingerprint density at radius 3 is 2.38 bits per heavy atom. The first-order valence-electron chi connectivity index (χ1n) is 16.4. The van der Waals surface area contributed by atoms with Crippen LogP contribution in [-0.2, 0) is 11.3 Å². The molecule has 9 heteroatoms. The van der Waals surface area contributed by atoms with Crippen molar-refractivity contribution in [2.24, 2.45) is 5.92 Å². The lowest BCUT2D eigenvalue weighted by atomic mass is 9.95. The van der Waals surface area contributed by atoms with Crippen LogP contribution in [0.2, 0.25) is 0 Å². The van der Waals surface area contributed by atoms with Crippen LogP contribution in [-0.4, -0.2) is 65.6 Å². The van der Waals surface area contributed by atoms with Gasteiger partial charge in [0, 0.05) is 25.6 Å². The number of rotatable bonds is 12. The van der Waals surface area contributed by atoms with E-state index in [2.05, 4.69) is 10.2 Å². The van der Waals surface area contributed by atoms with Gasteiger partial charge >= 0.3 is 0 Å². The molecule has 5 rings (SSSR count). The van der Waals surface area contributed by atoms with Gasteiger partial charge in [-0.2, -0.15) is 0 Å². The number of nitrogens with zero attached hydrogens (tertiary/aromatic N) is 2. The van der Waals surface area contributed by atoms with Crippen molar-refractivity contribution >= 4 is 17.5 Å². The van der Waals surface area contributed by atoms with E-state index in [-0.39, 0.29) is 36.3 Å². The maximum atomic E-state index is 13.9. The summed E-state index contributed by atoms with van der Waals surface area (Å²) in [5.74, 6) is 0.273. The predicted molar refractivity (Wildman–Crippen MR) is 185 cm³/mol. The maximum absolute atomic E-state index is 13.9. The van der Waals surface area contributed by atoms with Crippen molar-refractivity contribution in [3.05, 3.63) is 120 Å². The Bertz CT molecular complexity index is 1670. The van der Waals surface area contributed by atoms with E-state index in [1.165, 1.54) is 12.1 Å². The average Bonchev–Trinajstić information content (AvgIpc) is 3.08. The molecule has 1 aliphatic heterocycles. The number of ether oxygens (including phenoxy) is 2. The zero-order valence-corrected chi connectivity index (χ0v) is 27.9. The molecule has 4 atom stereocenters. The number of fused-ring (bicyclic) bond motifs is 1. The van der Waals surface area contributed by atoms with E-state index < -0.39 is 12.0 Å². The number of nitrogens with one attached hydrogen (secondary N) is 1. The van der Waals surface area contributed by atoms with E-state index in [9.17, 15) is 19.1 Å². The molecule has 2 unspecified atom stereocenters. The van der Waals surface area contributed by atoms with Crippen LogP contribution in [0, 0.1) is 11.7 Å². The van der Waals surface area contributed by atoms with Gasteiger partial charge in [0.1, 0.15) is 23.4 Å². The molecule has 1 heterocycles. The number of benzene rings is 4. The van der Waals surface area contributed by atoms with Crippen LogP contribution >= 0.6 is 0 Å². The van der Waals surface area contributed by atoms with Crippen molar-refractivity contribution in [2.45, 2.75) is 51.8 Å². The highest BCUT2D eigenvalue weighted by molar-refractivity contribution is 6.03. The number of hydrogen-bond donors (Lipinski definition) is 2. The van der Waals surface area contributed by atoms with Gasteiger partial charge in [-0.1, -0.05) is 62.4 Å². The Balaban J connectivity index is 1.37. The lowest BCUT2D eigenvalue weighted by Gasteiger charge is -2.38. The summed E-state index contributed by atoms with van der Waals surface area (Å²) in [6, 6.07) is 28.3. The van der Waals surface area contributed by atoms with Crippen molar-refractivity contribution in [1.82, 2.24) is 9.80 Å². The number of carbonyl (C=O) groups is 2. The lowest BCUT2D eigenvalue weighted by molar-refractivity contribution is -0.117. The number of aliphatic hydroxyl groups is 1. The van der Waals surface area contributed by atoms with Crippen molar-refractivity contribution < 1.29 is 28.6 Å². The number of anilines is 1. The average molecular weight is 654 g/mol. The van der Waals surface area contributed by atoms with Crippen molar-refractivity contribution in [2.75, 3.05) is 32.1 Å². The SMILES string of the molecule is CCC(C(=O)Nc1cccc2c1O[C@H](CN(C)Cc1ccc(Oc3ccccc3)cc1)[C@H](C)CN(C(C)CO)C2=O)c1ccc(F)cc1. The summed E-state index contributed by atoms with van der Waals surface area (Å²) in [4.78, 5) is 31.4. The second kappa shape index (κ2) is 15.9. The molecule has 1 aliphatic rings. The lowest BCUT2D eigenvalue weighted by Crippen LogP contribution is -2.49. The van der Waals surface area contributed by atoms with E-state index in [4.69, 9.17) is 9.47 Å². The van der Waals surface area contributed by atoms with Crippen LogP contribution in [0.15, 0.2) is 97.1 Å². The summed E-state index contributed by atoms with van der Waals surface area (Å²) >= 11 is 0. The quantitative estimate of drug-likeness (QED) is 0.170. The largest absolute Gasteiger partial charge is 0.486 e. The summed E-state index contributed by atoms with van der Waals surface area (Å²) in [7, 11) is 2.02. The van der Waals surface area contributed by atoms with Crippen molar-refractivity contribution in [3.8, 4) is 17.2 Å². The first kappa shape index (κ1) is 34.6. The number of halogens is 1. The summed E-state index contributed by atoms with van der Waals surface area (Å²) in [5, 5.41) is 13.1. The second-order valence-corrected chi connectivity index (χ2v) is 12.6. The van der Waals surface area contributed by atoms with Gasteiger partial charge in [-0.15, -0.1) is 0 Å². The topological polar surface area (TPSA) is 91.3 Å². The van der Waals surface area contributed by atoms with Gasteiger partial charge < -0.3 is 24.8 Å². The Labute approximate surface area is 282 Å². The molecule has 4 aromatic carbocycles. The summed E-state index contributed by atoms with van der Waals surface area (Å²) < 4.78 is 26.3. The smallest absolute Gasteiger partial charge is 0.258 e. The summed E-state index contributed by atoms with van der Waals surface area (Å²) in [5.41, 5.74) is 2.50. The highest BCUT2D eigenvalue weighted by Gasteiger charge is 2.35. The zero-order chi connectivity index (χ0) is 34.2. The van der Waals surface area contributed by atoms with Gasteiger partial charge in [-0.05, 0) is 80.1 Å². The third-order valence-corrected chi connectivity index (χ3v) is 8.79. The number of amides is 2. The molecule has 0 saturated carbocycles. The minimum absolute atomic E-state index is 0.105. The molecule has 4 aromatic rings. The van der Waals surface area contributed by atoms with Crippen LogP contribution in [0.25, 0.3) is 0 Å². The van der Waals surface area contributed by atoms with E-state index in [0.717, 1.165) is 17.1 Å². The van der Waals surface area contributed by atoms with Gasteiger partial charge in [-0.3, -0.25) is 14.5 Å². The molecule has 48 heavy (non-hydrogen) atoms. The minimum atomic E-state index is -0.526. The molecule has 0 aromatic heterocycles. The molecule has 2 N–H and O–H groups in total. The van der Waals surface area contributed by atoms with Gasteiger partial charge in [0.2, 0.25) is 5.91 Å². The van der Waals surface area contributed by atoms with Crippen LogP contribution in [0.1, 0.15) is 54.6 Å². The monoisotopic (exact) mass is 653 g/mol. The van der Waals surface area contributed by atoms with E-state index in [0.29, 0.717) is 48.6 Å². The Morgan fingerprint density at radius 2 is 1.71 bits per heavy atom. The Morgan fingerprint density at radius 1 is 1.02 bits per heavy atom. The highest BCUT2D eigenvalue weighted by atomic mass is 19.1. The van der Waals surface area contributed by atoms with E-state index in [1.807, 2.05) is 82.4 Å². The van der Waals surface area contributed by atoms with Gasteiger partial charge in [0.05, 0.1) is 29.8 Å². The molecule has 0 saturated heterocycles. The molecule has 0 aliphatic carbocycles. The number of hydrogen-bond acceptors (Lipinski definition) is 6. The van der Waals surface area contributed by atoms with E-state index >= 15 is 0 Å². The van der Waals surface area contributed by atoms with E-state index in [1.54, 1.807) is 35.2 Å². The van der Waals surface area contributed by atoms with Gasteiger partial charge in [0.15, 0.2) is 5.75 Å². The first-order valence-corrected chi connectivity index (χ1v) is 16.4. The standard InChI is InChI=1S/C39H44FN3O5/c1-5-33(29-16-18-30(40)19-17-29)38(45)41-35-13-9-12-34-37(35)48-36(26(2)22-43(39(34)46)27(3)25-44)24-42(4)23-28-14-20-32(21-15-28)47-31-10-7-6-8-11-31/h6-21,26-27,33,36,44H,5,22-25H2,1-4H3,(H,41,45)/t26-,27?,33?,36-/m1/s1. The third kappa shape index (κ3) is 8.40. The molecule has 252 valence electrons. The summed E-state index contributed by atoms with van der Waals surface area (Å²) in [6.45, 7) is 7.14. The molecule has 8 nitrogen and oxygen atoms in total.